The number of rotatable bonds is 4. The topological polar surface area (TPSA) is 74.5 Å². The summed E-state index contributed by atoms with van der Waals surface area (Å²) in [6, 6.07) is 1.66. The van der Waals surface area contributed by atoms with E-state index in [-0.39, 0.29) is 6.03 Å². The average molecular weight is 252 g/mol. The van der Waals surface area contributed by atoms with Crippen LogP contribution >= 0.6 is 0 Å². The van der Waals surface area contributed by atoms with Gasteiger partial charge in [0.05, 0.1) is 5.60 Å². The molecule has 2 amide bonds. The normalized spacial score (nSPS) is 17.1. The maximum atomic E-state index is 11.6. The van der Waals surface area contributed by atoms with E-state index in [2.05, 4.69) is 10.6 Å². The molecule has 1 aromatic rings. The minimum Gasteiger partial charge on any atom is -0.466 e. The van der Waals surface area contributed by atoms with Crippen LogP contribution in [-0.4, -0.2) is 23.3 Å². The van der Waals surface area contributed by atoms with E-state index in [1.165, 1.54) is 0 Å². The monoisotopic (exact) mass is 252 g/mol. The number of aryl methyl sites for hydroxylation is 2. The molecular weight excluding hydrogens is 232 g/mol. The van der Waals surface area contributed by atoms with Crippen LogP contribution in [0.25, 0.3) is 0 Å². The summed E-state index contributed by atoms with van der Waals surface area (Å²) in [4.78, 5) is 11.6. The summed E-state index contributed by atoms with van der Waals surface area (Å²) in [5, 5.41) is 15.3. The van der Waals surface area contributed by atoms with Gasteiger partial charge >= 0.3 is 6.03 Å². The molecule has 1 fully saturated rings. The van der Waals surface area contributed by atoms with Crippen LogP contribution in [0.3, 0.4) is 0 Å². The highest BCUT2D eigenvalue weighted by Crippen LogP contribution is 2.30. The minimum atomic E-state index is -0.681. The SMILES string of the molecule is Cc1cc(CNC(=O)NCC2(O)CCC2)c(C)o1. The predicted octanol–water partition coefficient (Wildman–Crippen LogP) is 1.61. The number of furan rings is 1. The van der Waals surface area contributed by atoms with Crippen LogP contribution in [0.4, 0.5) is 4.79 Å². The molecule has 1 heterocycles. The molecule has 100 valence electrons. The third kappa shape index (κ3) is 3.04. The van der Waals surface area contributed by atoms with E-state index >= 15 is 0 Å². The maximum Gasteiger partial charge on any atom is 0.315 e. The van der Waals surface area contributed by atoms with E-state index in [0.29, 0.717) is 13.1 Å². The lowest BCUT2D eigenvalue weighted by Crippen LogP contribution is -2.49. The van der Waals surface area contributed by atoms with Gasteiger partial charge in [0.25, 0.3) is 0 Å². The Balaban J connectivity index is 1.73. The fourth-order valence-corrected chi connectivity index (χ4v) is 2.10. The average Bonchev–Trinajstić information content (AvgIpc) is 2.60. The molecule has 0 saturated heterocycles. The molecule has 5 heteroatoms. The molecule has 0 aliphatic heterocycles. The van der Waals surface area contributed by atoms with Gasteiger partial charge in [0.1, 0.15) is 11.5 Å². The van der Waals surface area contributed by atoms with Crippen LogP contribution < -0.4 is 10.6 Å². The van der Waals surface area contributed by atoms with Gasteiger partial charge in [-0.3, -0.25) is 0 Å². The first-order valence-electron chi connectivity index (χ1n) is 6.28. The lowest BCUT2D eigenvalue weighted by molar-refractivity contribution is -0.0290. The number of urea groups is 1. The summed E-state index contributed by atoms with van der Waals surface area (Å²) in [6.45, 7) is 4.51. The quantitative estimate of drug-likeness (QED) is 0.762. The van der Waals surface area contributed by atoms with E-state index in [1.54, 1.807) is 0 Å². The van der Waals surface area contributed by atoms with Crippen molar-refractivity contribution in [1.29, 1.82) is 0 Å². The lowest BCUT2D eigenvalue weighted by Gasteiger charge is -2.36. The Morgan fingerprint density at radius 3 is 2.67 bits per heavy atom. The van der Waals surface area contributed by atoms with Gasteiger partial charge in [-0.15, -0.1) is 0 Å². The smallest absolute Gasteiger partial charge is 0.315 e. The number of nitrogens with one attached hydrogen (secondary N) is 2. The number of hydrogen-bond donors (Lipinski definition) is 3. The van der Waals surface area contributed by atoms with Gasteiger partial charge in [-0.2, -0.15) is 0 Å². The molecule has 0 aromatic carbocycles. The zero-order valence-electron chi connectivity index (χ0n) is 10.9. The molecular formula is C13H20N2O3. The van der Waals surface area contributed by atoms with Crippen LogP contribution in [0.1, 0.15) is 36.3 Å². The third-order valence-electron chi connectivity index (χ3n) is 3.45. The zero-order chi connectivity index (χ0) is 13.2. The van der Waals surface area contributed by atoms with Gasteiger partial charge < -0.3 is 20.2 Å². The van der Waals surface area contributed by atoms with Crippen molar-refractivity contribution < 1.29 is 14.3 Å². The zero-order valence-corrected chi connectivity index (χ0v) is 10.9. The first kappa shape index (κ1) is 13.0. The number of hydrogen-bond acceptors (Lipinski definition) is 3. The van der Waals surface area contributed by atoms with Crippen LogP contribution in [0.5, 0.6) is 0 Å². The van der Waals surface area contributed by atoms with Gasteiger partial charge in [-0.1, -0.05) is 0 Å². The van der Waals surface area contributed by atoms with Crippen LogP contribution in [0.2, 0.25) is 0 Å². The standard InChI is InChI=1S/C13H20N2O3/c1-9-6-11(10(2)18-9)7-14-12(16)15-8-13(17)4-3-5-13/h6,17H,3-5,7-8H2,1-2H3,(H2,14,15,16). The van der Waals surface area contributed by atoms with E-state index in [9.17, 15) is 9.90 Å². The summed E-state index contributed by atoms with van der Waals surface area (Å²) in [5.74, 6) is 1.67. The van der Waals surface area contributed by atoms with Gasteiger partial charge in [0.15, 0.2) is 0 Å². The number of carbonyl (C=O) groups is 1. The summed E-state index contributed by atoms with van der Waals surface area (Å²) in [6.07, 6.45) is 2.58. The Bertz CT molecular complexity index is 435. The molecule has 0 atom stereocenters. The molecule has 0 radical (unpaired) electrons. The van der Waals surface area contributed by atoms with Crippen LogP contribution in [-0.2, 0) is 6.54 Å². The van der Waals surface area contributed by atoms with Crippen LogP contribution in [0, 0.1) is 13.8 Å². The lowest BCUT2D eigenvalue weighted by atomic mass is 9.80. The van der Waals surface area contributed by atoms with Crippen molar-refractivity contribution in [3.05, 3.63) is 23.2 Å². The van der Waals surface area contributed by atoms with E-state index < -0.39 is 5.60 Å². The van der Waals surface area contributed by atoms with Gasteiger partial charge in [-0.25, -0.2) is 4.79 Å². The highest BCUT2D eigenvalue weighted by atomic mass is 16.3. The van der Waals surface area contributed by atoms with E-state index in [0.717, 1.165) is 36.3 Å². The molecule has 1 aliphatic carbocycles. The summed E-state index contributed by atoms with van der Waals surface area (Å²) >= 11 is 0. The Morgan fingerprint density at radius 2 is 2.17 bits per heavy atom. The van der Waals surface area contributed by atoms with E-state index in [1.807, 2.05) is 19.9 Å². The molecule has 3 N–H and O–H groups in total. The Kier molecular flexibility index (Phi) is 3.61. The third-order valence-corrected chi connectivity index (χ3v) is 3.45. The van der Waals surface area contributed by atoms with E-state index in [4.69, 9.17) is 4.42 Å². The molecule has 1 aliphatic rings. The highest BCUT2D eigenvalue weighted by molar-refractivity contribution is 5.73. The first-order chi connectivity index (χ1) is 8.48. The Labute approximate surface area is 107 Å². The van der Waals surface area contributed by atoms with Gasteiger partial charge in [-0.05, 0) is 39.2 Å². The molecule has 2 rings (SSSR count). The molecule has 0 spiro atoms. The molecule has 1 saturated carbocycles. The molecule has 1 aromatic heterocycles. The fourth-order valence-electron chi connectivity index (χ4n) is 2.10. The second-order valence-corrected chi connectivity index (χ2v) is 5.05. The van der Waals surface area contributed by atoms with Gasteiger partial charge in [0.2, 0.25) is 0 Å². The molecule has 0 unspecified atom stereocenters. The summed E-state index contributed by atoms with van der Waals surface area (Å²) in [7, 11) is 0. The molecule has 5 nitrogen and oxygen atoms in total. The fraction of sp³-hybridized carbons (Fsp3) is 0.615. The minimum absolute atomic E-state index is 0.256. The van der Waals surface area contributed by atoms with Crippen molar-refractivity contribution >= 4 is 6.03 Å². The largest absolute Gasteiger partial charge is 0.466 e. The first-order valence-corrected chi connectivity index (χ1v) is 6.28. The van der Waals surface area contributed by atoms with Crippen molar-refractivity contribution in [3.8, 4) is 0 Å². The second-order valence-electron chi connectivity index (χ2n) is 5.05. The maximum absolute atomic E-state index is 11.6. The van der Waals surface area contributed by atoms with Gasteiger partial charge in [0, 0.05) is 18.7 Å². The van der Waals surface area contributed by atoms with Crippen molar-refractivity contribution in [2.75, 3.05) is 6.54 Å². The number of amides is 2. The predicted molar refractivity (Wildman–Crippen MR) is 67.2 cm³/mol. The van der Waals surface area contributed by atoms with Crippen molar-refractivity contribution in [3.63, 3.8) is 0 Å². The summed E-state index contributed by atoms with van der Waals surface area (Å²) < 4.78 is 5.38. The van der Waals surface area contributed by atoms with Crippen molar-refractivity contribution in [1.82, 2.24) is 10.6 Å². The summed E-state index contributed by atoms with van der Waals surface area (Å²) in [5.41, 5.74) is 0.296. The molecule has 0 bridgehead atoms. The number of carbonyl (C=O) groups excluding carboxylic acids is 1. The Morgan fingerprint density at radius 1 is 1.44 bits per heavy atom. The Hall–Kier alpha value is -1.49. The van der Waals surface area contributed by atoms with Crippen molar-refractivity contribution in [2.24, 2.45) is 0 Å². The highest BCUT2D eigenvalue weighted by Gasteiger charge is 2.34. The number of aliphatic hydroxyl groups is 1. The molecule has 18 heavy (non-hydrogen) atoms. The second kappa shape index (κ2) is 5.02. The van der Waals surface area contributed by atoms with Crippen LogP contribution in [0.15, 0.2) is 10.5 Å². The van der Waals surface area contributed by atoms with Crippen molar-refractivity contribution in [2.45, 2.75) is 45.3 Å².